The molecule has 0 aromatic carbocycles. The van der Waals surface area contributed by atoms with Crippen LogP contribution < -0.4 is 0 Å². The molecule has 0 aliphatic heterocycles. The van der Waals surface area contributed by atoms with Crippen molar-refractivity contribution >= 4 is 5.97 Å². The summed E-state index contributed by atoms with van der Waals surface area (Å²) in [6.45, 7) is 2.08. The van der Waals surface area contributed by atoms with Crippen molar-refractivity contribution in [3.05, 3.63) is 60.8 Å². The topological polar surface area (TPSA) is 57.5 Å². The van der Waals surface area contributed by atoms with Crippen LogP contribution in [0.15, 0.2) is 60.8 Å². The van der Waals surface area contributed by atoms with Crippen molar-refractivity contribution in [1.82, 2.24) is 0 Å². The van der Waals surface area contributed by atoms with E-state index in [-0.39, 0.29) is 0 Å². The molecule has 0 aliphatic rings. The molecule has 0 bridgehead atoms. The molecule has 0 amide bonds. The first-order valence-electron chi connectivity index (χ1n) is 13.8. The Balaban J connectivity index is 3.46. The lowest BCUT2D eigenvalue weighted by molar-refractivity contribution is -0.137. The van der Waals surface area contributed by atoms with Crippen LogP contribution >= 0.6 is 0 Å². The third kappa shape index (κ3) is 29.7. The summed E-state index contributed by atoms with van der Waals surface area (Å²) < 4.78 is 0. The van der Waals surface area contributed by atoms with Gasteiger partial charge in [0.2, 0.25) is 0 Å². The summed E-state index contributed by atoms with van der Waals surface area (Å²) in [4.78, 5) is 10.4. The SMILES string of the molecule is CC/C=C\C[C@H](O)/C=C/C#CC/C=C\C/C=C\C/C=C\CCCCCCCCCCCCC(=O)O. The number of allylic oxidation sites excluding steroid dienone is 8. The number of carboxylic acids is 1. The molecule has 0 aliphatic carbocycles. The molecule has 0 rings (SSSR count). The third-order valence-corrected chi connectivity index (χ3v) is 5.56. The van der Waals surface area contributed by atoms with Crippen LogP contribution in [0.2, 0.25) is 0 Å². The van der Waals surface area contributed by atoms with Gasteiger partial charge in [-0.3, -0.25) is 4.79 Å². The van der Waals surface area contributed by atoms with Gasteiger partial charge in [0.25, 0.3) is 0 Å². The molecule has 0 radical (unpaired) electrons. The van der Waals surface area contributed by atoms with Crippen molar-refractivity contribution in [3.8, 4) is 11.8 Å². The fraction of sp³-hybridized carbons (Fsp3) is 0.594. The maximum Gasteiger partial charge on any atom is 0.303 e. The molecule has 3 nitrogen and oxygen atoms in total. The Morgan fingerprint density at radius 2 is 1.31 bits per heavy atom. The van der Waals surface area contributed by atoms with E-state index in [4.69, 9.17) is 5.11 Å². The predicted octanol–water partition coefficient (Wildman–Crippen LogP) is 8.87. The molecule has 196 valence electrons. The molecule has 0 saturated heterocycles. The van der Waals surface area contributed by atoms with Crippen LogP contribution in [-0.4, -0.2) is 22.3 Å². The van der Waals surface area contributed by atoms with Crippen LogP contribution in [0.1, 0.15) is 116 Å². The zero-order valence-corrected chi connectivity index (χ0v) is 22.2. The number of aliphatic hydroxyl groups excluding tert-OH is 1. The summed E-state index contributed by atoms with van der Waals surface area (Å²) in [5.41, 5.74) is 0. The third-order valence-electron chi connectivity index (χ3n) is 5.56. The van der Waals surface area contributed by atoms with Crippen LogP contribution in [0.5, 0.6) is 0 Å². The summed E-state index contributed by atoms with van der Waals surface area (Å²) in [6, 6.07) is 0. The molecule has 1 atom stereocenters. The Hall–Kier alpha value is -2.31. The van der Waals surface area contributed by atoms with Gasteiger partial charge in [-0.1, -0.05) is 119 Å². The van der Waals surface area contributed by atoms with Crippen molar-refractivity contribution in [3.63, 3.8) is 0 Å². The van der Waals surface area contributed by atoms with Crippen LogP contribution in [0.4, 0.5) is 0 Å². The quantitative estimate of drug-likeness (QED) is 0.0920. The van der Waals surface area contributed by atoms with E-state index in [1.807, 2.05) is 6.08 Å². The number of rotatable bonds is 22. The minimum absolute atomic E-state index is 0.322. The number of hydrogen-bond donors (Lipinski definition) is 2. The molecule has 0 aromatic rings. The maximum absolute atomic E-state index is 10.4. The van der Waals surface area contributed by atoms with E-state index >= 15 is 0 Å². The van der Waals surface area contributed by atoms with Gasteiger partial charge in [-0.15, -0.1) is 0 Å². The van der Waals surface area contributed by atoms with Crippen molar-refractivity contribution in [2.75, 3.05) is 0 Å². The summed E-state index contributed by atoms with van der Waals surface area (Å²) in [5.74, 6) is 5.36. The molecule has 0 fully saturated rings. The Labute approximate surface area is 215 Å². The van der Waals surface area contributed by atoms with Crippen molar-refractivity contribution < 1.29 is 15.0 Å². The summed E-state index contributed by atoms with van der Waals surface area (Å²) >= 11 is 0. The van der Waals surface area contributed by atoms with Gasteiger partial charge < -0.3 is 10.2 Å². The second kappa shape index (κ2) is 27.9. The Bertz CT molecular complexity index is 685. The average molecular weight is 483 g/mol. The Morgan fingerprint density at radius 3 is 1.94 bits per heavy atom. The van der Waals surface area contributed by atoms with Gasteiger partial charge in [0.1, 0.15) is 0 Å². The number of hydrogen-bond acceptors (Lipinski definition) is 2. The predicted molar refractivity (Wildman–Crippen MR) is 151 cm³/mol. The highest BCUT2D eigenvalue weighted by Crippen LogP contribution is 2.12. The van der Waals surface area contributed by atoms with E-state index in [1.54, 1.807) is 12.2 Å². The molecule has 2 N–H and O–H groups in total. The molecule has 3 heteroatoms. The van der Waals surface area contributed by atoms with Gasteiger partial charge >= 0.3 is 5.97 Å². The normalized spacial score (nSPS) is 13.0. The van der Waals surface area contributed by atoms with Gasteiger partial charge in [0, 0.05) is 12.8 Å². The smallest absolute Gasteiger partial charge is 0.303 e. The number of unbranched alkanes of at least 4 members (excludes halogenated alkanes) is 10. The minimum Gasteiger partial charge on any atom is -0.481 e. The Morgan fingerprint density at radius 1 is 0.743 bits per heavy atom. The van der Waals surface area contributed by atoms with Crippen LogP contribution in [0.25, 0.3) is 0 Å². The maximum atomic E-state index is 10.4. The number of aliphatic hydroxyl groups is 1. The fourth-order valence-corrected chi connectivity index (χ4v) is 3.51. The highest BCUT2D eigenvalue weighted by Gasteiger charge is 1.97. The van der Waals surface area contributed by atoms with Crippen LogP contribution in [-0.2, 0) is 4.79 Å². The van der Waals surface area contributed by atoms with Gasteiger partial charge in [-0.25, -0.2) is 0 Å². The number of carboxylic acid groups (broad SMARTS) is 1. The monoisotopic (exact) mass is 482 g/mol. The first kappa shape index (κ1) is 32.7. The minimum atomic E-state index is -0.670. The summed E-state index contributed by atoms with van der Waals surface area (Å²) in [6.07, 6.45) is 38.3. The number of carbonyl (C=O) groups is 1. The largest absolute Gasteiger partial charge is 0.481 e. The molecule has 0 aromatic heterocycles. The average Bonchev–Trinajstić information content (AvgIpc) is 2.84. The van der Waals surface area contributed by atoms with Gasteiger partial charge in [-0.2, -0.15) is 0 Å². The molecule has 0 saturated carbocycles. The second-order valence-electron chi connectivity index (χ2n) is 8.92. The van der Waals surface area contributed by atoms with E-state index in [9.17, 15) is 9.90 Å². The van der Waals surface area contributed by atoms with Gasteiger partial charge in [0.15, 0.2) is 0 Å². The van der Waals surface area contributed by atoms with E-state index in [0.29, 0.717) is 12.8 Å². The highest BCUT2D eigenvalue weighted by atomic mass is 16.4. The first-order valence-corrected chi connectivity index (χ1v) is 13.8. The summed E-state index contributed by atoms with van der Waals surface area (Å²) in [7, 11) is 0. The Kier molecular flexibility index (Phi) is 26.1. The number of aliphatic carboxylic acids is 1. The van der Waals surface area contributed by atoms with E-state index in [1.165, 1.54) is 57.8 Å². The van der Waals surface area contributed by atoms with E-state index in [2.05, 4.69) is 61.3 Å². The molecule has 0 unspecified atom stereocenters. The highest BCUT2D eigenvalue weighted by molar-refractivity contribution is 5.66. The molecule has 0 heterocycles. The first-order chi connectivity index (χ1) is 17.2. The molecular weight excluding hydrogens is 432 g/mol. The molecule has 0 spiro atoms. The van der Waals surface area contributed by atoms with Gasteiger partial charge in [-0.05, 0) is 57.1 Å². The zero-order valence-electron chi connectivity index (χ0n) is 22.2. The summed E-state index contributed by atoms with van der Waals surface area (Å²) in [5, 5.41) is 18.3. The van der Waals surface area contributed by atoms with Crippen molar-refractivity contribution in [2.45, 2.75) is 122 Å². The van der Waals surface area contributed by atoms with Gasteiger partial charge in [0.05, 0.1) is 6.10 Å². The lowest BCUT2D eigenvalue weighted by Crippen LogP contribution is -1.98. The van der Waals surface area contributed by atoms with Crippen molar-refractivity contribution in [1.29, 1.82) is 0 Å². The molecule has 35 heavy (non-hydrogen) atoms. The van der Waals surface area contributed by atoms with Crippen molar-refractivity contribution in [2.24, 2.45) is 0 Å². The van der Waals surface area contributed by atoms with E-state index in [0.717, 1.165) is 38.5 Å². The lowest BCUT2D eigenvalue weighted by atomic mass is 10.1. The van der Waals surface area contributed by atoms with Crippen LogP contribution in [0.3, 0.4) is 0 Å². The van der Waals surface area contributed by atoms with E-state index < -0.39 is 12.1 Å². The lowest BCUT2D eigenvalue weighted by Gasteiger charge is -2.01. The zero-order chi connectivity index (χ0) is 25.7. The standard InChI is InChI=1S/C32H50O3/c1-2-3-25-28-31(33)29-26-23-21-19-17-15-13-11-9-7-5-4-6-8-10-12-14-16-18-20-22-24-27-30-32(34)35/h3-5,9,11,15,17,25-26,29,31,33H,2,6-8,10,12-14,16,18-20,22,24,27-28,30H2,1H3,(H,34,35)/b5-4-,11-9-,17-15-,25-3-,29-26+/t31-/m0/s1. The van der Waals surface area contributed by atoms with Crippen LogP contribution in [0, 0.1) is 11.8 Å². The fourth-order valence-electron chi connectivity index (χ4n) is 3.51. The second-order valence-corrected chi connectivity index (χ2v) is 8.92. The molecular formula is C32H50O3.